The fourth-order valence-corrected chi connectivity index (χ4v) is 2.61. The summed E-state index contributed by atoms with van der Waals surface area (Å²) in [5.74, 6) is 0.656. The van der Waals surface area contributed by atoms with E-state index in [1.165, 1.54) is 0 Å². The SMILES string of the molecule is CCCOc1ccc(NC(=O)[C@@](C)(CC(C)C)OCC)cc1C#N. The number of nitrogens with zero attached hydrogens (tertiary/aromatic N) is 1. The number of anilines is 1. The van der Waals surface area contributed by atoms with Gasteiger partial charge in [0.25, 0.3) is 5.91 Å². The van der Waals surface area contributed by atoms with Crippen LogP contribution in [0.5, 0.6) is 5.75 Å². The molecule has 0 bridgehead atoms. The van der Waals surface area contributed by atoms with E-state index in [1.54, 1.807) is 25.1 Å². The number of hydrogen-bond donors (Lipinski definition) is 1. The number of nitriles is 1. The van der Waals surface area contributed by atoms with Gasteiger partial charge in [0.05, 0.1) is 12.2 Å². The molecule has 1 N–H and O–H groups in total. The van der Waals surface area contributed by atoms with Crippen molar-refractivity contribution in [1.82, 2.24) is 0 Å². The molecule has 132 valence electrons. The van der Waals surface area contributed by atoms with Crippen LogP contribution >= 0.6 is 0 Å². The zero-order chi connectivity index (χ0) is 18.2. The monoisotopic (exact) mass is 332 g/mol. The number of carbonyl (C=O) groups excluding carboxylic acids is 1. The van der Waals surface area contributed by atoms with E-state index in [2.05, 4.69) is 25.2 Å². The van der Waals surface area contributed by atoms with E-state index < -0.39 is 5.60 Å². The molecule has 5 heteroatoms. The Kier molecular flexibility index (Phi) is 7.73. The Morgan fingerprint density at radius 3 is 2.62 bits per heavy atom. The smallest absolute Gasteiger partial charge is 0.256 e. The molecule has 0 saturated heterocycles. The fourth-order valence-electron chi connectivity index (χ4n) is 2.61. The highest BCUT2D eigenvalue weighted by atomic mass is 16.5. The van der Waals surface area contributed by atoms with Crippen LogP contribution in [0.3, 0.4) is 0 Å². The molecule has 1 rings (SSSR count). The number of carbonyl (C=O) groups is 1. The average molecular weight is 332 g/mol. The molecule has 0 heterocycles. The minimum Gasteiger partial charge on any atom is -0.492 e. The van der Waals surface area contributed by atoms with Crippen LogP contribution in [0.15, 0.2) is 18.2 Å². The molecular weight excluding hydrogens is 304 g/mol. The lowest BCUT2D eigenvalue weighted by Gasteiger charge is -2.30. The highest BCUT2D eigenvalue weighted by molar-refractivity contribution is 5.97. The van der Waals surface area contributed by atoms with E-state index >= 15 is 0 Å². The van der Waals surface area contributed by atoms with Gasteiger partial charge in [-0.2, -0.15) is 5.26 Å². The molecule has 0 aliphatic carbocycles. The third-order valence-corrected chi connectivity index (χ3v) is 3.56. The molecule has 1 aromatic carbocycles. The molecule has 0 fully saturated rings. The van der Waals surface area contributed by atoms with Gasteiger partial charge in [-0.3, -0.25) is 4.79 Å². The second-order valence-corrected chi connectivity index (χ2v) is 6.39. The zero-order valence-corrected chi connectivity index (χ0v) is 15.3. The molecule has 0 aliphatic rings. The summed E-state index contributed by atoms with van der Waals surface area (Å²) in [4.78, 5) is 12.7. The van der Waals surface area contributed by atoms with Gasteiger partial charge in [-0.05, 0) is 50.8 Å². The third-order valence-electron chi connectivity index (χ3n) is 3.56. The third kappa shape index (κ3) is 5.54. The molecule has 1 atom stereocenters. The van der Waals surface area contributed by atoms with Crippen LogP contribution in [0.25, 0.3) is 0 Å². The van der Waals surface area contributed by atoms with E-state index in [-0.39, 0.29) is 5.91 Å². The van der Waals surface area contributed by atoms with Crippen LogP contribution in [0, 0.1) is 17.2 Å². The topological polar surface area (TPSA) is 71.3 Å². The van der Waals surface area contributed by atoms with Crippen molar-refractivity contribution in [3.63, 3.8) is 0 Å². The summed E-state index contributed by atoms with van der Waals surface area (Å²) in [6, 6.07) is 7.19. The Balaban J connectivity index is 2.94. The van der Waals surface area contributed by atoms with Crippen molar-refractivity contribution in [3.8, 4) is 11.8 Å². The van der Waals surface area contributed by atoms with Crippen LogP contribution in [0.2, 0.25) is 0 Å². The second kappa shape index (κ2) is 9.29. The lowest BCUT2D eigenvalue weighted by molar-refractivity contribution is -0.140. The van der Waals surface area contributed by atoms with Crippen LogP contribution in [0.1, 0.15) is 53.0 Å². The van der Waals surface area contributed by atoms with Gasteiger partial charge in [0, 0.05) is 12.3 Å². The van der Waals surface area contributed by atoms with Crippen molar-refractivity contribution >= 4 is 11.6 Å². The molecule has 0 radical (unpaired) electrons. The number of ether oxygens (including phenoxy) is 2. The maximum absolute atomic E-state index is 12.7. The molecular formula is C19H28N2O3. The van der Waals surface area contributed by atoms with Gasteiger partial charge < -0.3 is 14.8 Å². The summed E-state index contributed by atoms with van der Waals surface area (Å²) in [6.07, 6.45) is 1.49. The van der Waals surface area contributed by atoms with E-state index in [1.807, 2.05) is 13.8 Å². The van der Waals surface area contributed by atoms with Crippen molar-refractivity contribution in [1.29, 1.82) is 5.26 Å². The maximum Gasteiger partial charge on any atom is 0.256 e. The van der Waals surface area contributed by atoms with Crippen LogP contribution in [0.4, 0.5) is 5.69 Å². The highest BCUT2D eigenvalue weighted by Gasteiger charge is 2.34. The van der Waals surface area contributed by atoms with Crippen molar-refractivity contribution < 1.29 is 14.3 Å². The Labute approximate surface area is 145 Å². The molecule has 1 amide bonds. The van der Waals surface area contributed by atoms with Gasteiger partial charge in [-0.15, -0.1) is 0 Å². The summed E-state index contributed by atoms with van der Waals surface area (Å²) in [5.41, 5.74) is 0.0749. The molecule has 0 saturated carbocycles. The van der Waals surface area contributed by atoms with Gasteiger partial charge >= 0.3 is 0 Å². The van der Waals surface area contributed by atoms with Crippen LogP contribution in [-0.4, -0.2) is 24.7 Å². The maximum atomic E-state index is 12.7. The van der Waals surface area contributed by atoms with Gasteiger partial charge in [-0.25, -0.2) is 0 Å². The predicted molar refractivity (Wildman–Crippen MR) is 95.1 cm³/mol. The summed E-state index contributed by atoms with van der Waals surface area (Å²) in [5, 5.41) is 12.1. The first-order valence-electron chi connectivity index (χ1n) is 8.48. The van der Waals surface area contributed by atoms with Crippen molar-refractivity contribution in [2.75, 3.05) is 18.5 Å². The van der Waals surface area contributed by atoms with Gasteiger partial charge in [0.2, 0.25) is 0 Å². The average Bonchev–Trinajstić information content (AvgIpc) is 2.52. The summed E-state index contributed by atoms with van der Waals surface area (Å²) >= 11 is 0. The van der Waals surface area contributed by atoms with E-state index in [0.29, 0.717) is 42.6 Å². The van der Waals surface area contributed by atoms with Gasteiger partial charge in [-0.1, -0.05) is 20.8 Å². The largest absolute Gasteiger partial charge is 0.492 e. The van der Waals surface area contributed by atoms with E-state index in [4.69, 9.17) is 9.47 Å². The molecule has 0 spiro atoms. The van der Waals surface area contributed by atoms with Crippen molar-refractivity contribution in [3.05, 3.63) is 23.8 Å². The summed E-state index contributed by atoms with van der Waals surface area (Å²) < 4.78 is 11.2. The Hall–Kier alpha value is -2.06. The highest BCUT2D eigenvalue weighted by Crippen LogP contribution is 2.26. The lowest BCUT2D eigenvalue weighted by atomic mass is 9.93. The summed E-state index contributed by atoms with van der Waals surface area (Å²) in [7, 11) is 0. The van der Waals surface area contributed by atoms with Gasteiger partial charge in [0.15, 0.2) is 0 Å². The molecule has 5 nitrogen and oxygen atoms in total. The normalized spacial score (nSPS) is 13.2. The Bertz CT molecular complexity index is 593. The van der Waals surface area contributed by atoms with E-state index in [0.717, 1.165) is 6.42 Å². The predicted octanol–water partition coefficient (Wildman–Crippen LogP) is 4.13. The fraction of sp³-hybridized carbons (Fsp3) is 0.579. The first kappa shape index (κ1) is 20.0. The minimum atomic E-state index is -0.896. The number of benzene rings is 1. The summed E-state index contributed by atoms with van der Waals surface area (Å²) in [6.45, 7) is 10.8. The van der Waals surface area contributed by atoms with Crippen LogP contribution < -0.4 is 10.1 Å². The number of nitrogens with one attached hydrogen (secondary N) is 1. The zero-order valence-electron chi connectivity index (χ0n) is 15.3. The second-order valence-electron chi connectivity index (χ2n) is 6.39. The first-order chi connectivity index (χ1) is 11.4. The Morgan fingerprint density at radius 2 is 2.08 bits per heavy atom. The molecule has 1 aromatic rings. The van der Waals surface area contributed by atoms with Crippen LogP contribution in [-0.2, 0) is 9.53 Å². The number of rotatable bonds is 9. The van der Waals surface area contributed by atoms with Gasteiger partial charge in [0.1, 0.15) is 17.4 Å². The molecule has 0 aromatic heterocycles. The Morgan fingerprint density at radius 1 is 1.38 bits per heavy atom. The molecule has 0 aliphatic heterocycles. The quantitative estimate of drug-likeness (QED) is 0.738. The minimum absolute atomic E-state index is 0.204. The number of hydrogen-bond acceptors (Lipinski definition) is 4. The number of amides is 1. The van der Waals surface area contributed by atoms with Crippen molar-refractivity contribution in [2.24, 2.45) is 5.92 Å². The van der Waals surface area contributed by atoms with E-state index in [9.17, 15) is 10.1 Å². The first-order valence-corrected chi connectivity index (χ1v) is 8.48. The molecule has 24 heavy (non-hydrogen) atoms. The molecule has 0 unspecified atom stereocenters. The lowest BCUT2D eigenvalue weighted by Crippen LogP contribution is -2.44. The standard InChI is InChI=1S/C19H28N2O3/c1-6-10-23-17-9-8-16(11-15(17)13-20)21-18(22)19(5,24-7-2)12-14(3)4/h8-9,11,14H,6-7,10,12H2,1-5H3,(H,21,22)/t19-/m1/s1. The van der Waals surface area contributed by atoms with Crippen molar-refractivity contribution in [2.45, 2.75) is 53.1 Å².